The van der Waals surface area contributed by atoms with E-state index in [1.807, 2.05) is 34.6 Å². The van der Waals surface area contributed by atoms with Crippen molar-refractivity contribution < 1.29 is 23.9 Å². The Kier molecular flexibility index (Phi) is 6.03. The molecule has 0 radical (unpaired) electrons. The molecule has 5 heteroatoms. The van der Waals surface area contributed by atoms with E-state index in [9.17, 15) is 19.2 Å². The van der Waals surface area contributed by atoms with Crippen LogP contribution >= 0.6 is 0 Å². The van der Waals surface area contributed by atoms with Gasteiger partial charge in [0, 0.05) is 31.6 Å². The van der Waals surface area contributed by atoms with Crippen LogP contribution in [0.4, 0.5) is 0 Å². The van der Waals surface area contributed by atoms with Gasteiger partial charge in [0.2, 0.25) is 0 Å². The van der Waals surface area contributed by atoms with Crippen molar-refractivity contribution in [1.82, 2.24) is 0 Å². The number of hydrogen-bond acceptors (Lipinski definition) is 5. The molecule has 0 aromatic heterocycles. The Morgan fingerprint density at radius 2 is 1.13 bits per heavy atom. The average molecular weight is 413 g/mol. The van der Waals surface area contributed by atoms with Gasteiger partial charge in [-0.3, -0.25) is 19.2 Å². The van der Waals surface area contributed by atoms with Gasteiger partial charge in [0.1, 0.15) is 28.9 Å². The lowest BCUT2D eigenvalue weighted by Gasteiger charge is -2.41. The first-order valence-electron chi connectivity index (χ1n) is 10.8. The number of Topliss-reactive ketones (excluding diaryl/α,β-unsaturated/α-hetero) is 4. The fourth-order valence-electron chi connectivity index (χ4n) is 5.14. The van der Waals surface area contributed by atoms with E-state index in [-0.39, 0.29) is 48.8 Å². The zero-order valence-corrected chi connectivity index (χ0v) is 18.6. The number of hydrogen-bond donors (Lipinski definition) is 0. The van der Waals surface area contributed by atoms with Crippen LogP contribution in [0.15, 0.2) is 24.3 Å². The topological polar surface area (TPSA) is 77.5 Å². The predicted octanol–water partition coefficient (Wildman–Crippen LogP) is 4.32. The lowest BCUT2D eigenvalue weighted by molar-refractivity contribution is -0.145. The molecule has 30 heavy (non-hydrogen) atoms. The lowest BCUT2D eigenvalue weighted by Crippen LogP contribution is -2.48. The summed E-state index contributed by atoms with van der Waals surface area (Å²) in [5.74, 6) is -2.63. The summed E-state index contributed by atoms with van der Waals surface area (Å²) in [7, 11) is 0. The van der Waals surface area contributed by atoms with Gasteiger partial charge in [-0.15, -0.1) is 0 Å². The second-order valence-corrected chi connectivity index (χ2v) is 10.4. The molecule has 1 aromatic rings. The molecule has 0 unspecified atom stereocenters. The molecule has 0 atom stereocenters. The maximum Gasteiger partial charge on any atom is 0.144 e. The van der Waals surface area contributed by atoms with Crippen LogP contribution in [-0.4, -0.2) is 29.7 Å². The van der Waals surface area contributed by atoms with Crippen molar-refractivity contribution in [2.75, 3.05) is 6.61 Å². The molecule has 0 N–H and O–H groups in total. The van der Waals surface area contributed by atoms with Crippen molar-refractivity contribution in [2.24, 2.45) is 22.7 Å². The number of ketones is 4. The molecular formula is C25H32O5. The van der Waals surface area contributed by atoms with E-state index in [1.54, 1.807) is 24.3 Å². The molecule has 162 valence electrons. The van der Waals surface area contributed by atoms with Crippen molar-refractivity contribution in [2.45, 2.75) is 66.2 Å². The summed E-state index contributed by atoms with van der Waals surface area (Å²) in [4.78, 5) is 52.5. The van der Waals surface area contributed by atoms with Gasteiger partial charge in [-0.05, 0) is 35.4 Å². The molecule has 1 aromatic carbocycles. The first-order valence-corrected chi connectivity index (χ1v) is 10.8. The summed E-state index contributed by atoms with van der Waals surface area (Å²) in [5.41, 5.74) is -0.107. The Bertz CT molecular complexity index is 774. The first kappa shape index (κ1) is 22.4. The largest absolute Gasteiger partial charge is 0.494 e. The van der Waals surface area contributed by atoms with Gasteiger partial charge < -0.3 is 4.74 Å². The van der Waals surface area contributed by atoms with Crippen molar-refractivity contribution >= 4 is 23.1 Å². The van der Waals surface area contributed by atoms with Crippen molar-refractivity contribution in [3.05, 3.63) is 29.8 Å². The van der Waals surface area contributed by atoms with Gasteiger partial charge in [0.05, 0.1) is 18.4 Å². The SMILES string of the molecule is CCOc1ccc(C(C2C(=O)CC(C)(C)CC2=O)C2C(=O)CC(C)(C)CC2=O)cc1. The van der Waals surface area contributed by atoms with Gasteiger partial charge >= 0.3 is 0 Å². The van der Waals surface area contributed by atoms with E-state index in [2.05, 4.69) is 0 Å². The number of carbonyl (C=O) groups excluding carboxylic acids is 4. The molecule has 2 aliphatic rings. The predicted molar refractivity (Wildman–Crippen MR) is 113 cm³/mol. The Balaban J connectivity index is 2.05. The summed E-state index contributed by atoms with van der Waals surface area (Å²) in [6.07, 6.45) is 1.10. The van der Waals surface area contributed by atoms with E-state index in [4.69, 9.17) is 4.74 Å². The van der Waals surface area contributed by atoms with Crippen molar-refractivity contribution in [1.29, 1.82) is 0 Å². The third kappa shape index (κ3) is 4.55. The highest BCUT2D eigenvalue weighted by Crippen LogP contribution is 2.47. The minimum atomic E-state index is -0.949. The molecule has 0 spiro atoms. The van der Waals surface area contributed by atoms with Crippen LogP contribution < -0.4 is 4.74 Å². The van der Waals surface area contributed by atoms with Crippen LogP contribution in [0.1, 0.15) is 71.8 Å². The van der Waals surface area contributed by atoms with Crippen LogP contribution in [0.5, 0.6) is 5.75 Å². The first-order chi connectivity index (χ1) is 13.9. The Hall–Kier alpha value is -2.30. The quantitative estimate of drug-likeness (QED) is 0.673. The highest BCUT2D eigenvalue weighted by atomic mass is 16.5. The molecule has 2 saturated carbocycles. The van der Waals surface area contributed by atoms with Gasteiger partial charge in [0.25, 0.3) is 0 Å². The monoisotopic (exact) mass is 412 g/mol. The fourth-order valence-corrected chi connectivity index (χ4v) is 5.14. The second kappa shape index (κ2) is 8.09. The van der Waals surface area contributed by atoms with E-state index in [0.717, 1.165) is 0 Å². The van der Waals surface area contributed by atoms with Gasteiger partial charge in [0.15, 0.2) is 0 Å². The van der Waals surface area contributed by atoms with Crippen molar-refractivity contribution in [3.8, 4) is 5.75 Å². The van der Waals surface area contributed by atoms with Crippen LogP contribution in [-0.2, 0) is 19.2 Å². The summed E-state index contributed by atoms with van der Waals surface area (Å²) < 4.78 is 5.50. The molecular weight excluding hydrogens is 380 g/mol. The van der Waals surface area contributed by atoms with Crippen LogP contribution in [0.2, 0.25) is 0 Å². The number of rotatable bonds is 5. The number of ether oxygens (including phenoxy) is 1. The second-order valence-electron chi connectivity index (χ2n) is 10.4. The molecule has 0 aliphatic heterocycles. The Morgan fingerprint density at radius 3 is 1.47 bits per heavy atom. The molecule has 0 bridgehead atoms. The highest BCUT2D eigenvalue weighted by Gasteiger charge is 2.52. The average Bonchev–Trinajstić information content (AvgIpc) is 2.58. The summed E-state index contributed by atoms with van der Waals surface area (Å²) in [6.45, 7) is 10.0. The number of carbonyl (C=O) groups is 4. The van der Waals surface area contributed by atoms with E-state index >= 15 is 0 Å². The van der Waals surface area contributed by atoms with E-state index in [0.29, 0.717) is 17.9 Å². The smallest absolute Gasteiger partial charge is 0.144 e. The minimum absolute atomic E-state index is 0.166. The Labute approximate surface area is 178 Å². The molecule has 0 heterocycles. The zero-order chi connectivity index (χ0) is 22.3. The summed E-state index contributed by atoms with van der Waals surface area (Å²) in [5, 5.41) is 0. The van der Waals surface area contributed by atoms with Gasteiger partial charge in [-0.25, -0.2) is 0 Å². The van der Waals surface area contributed by atoms with Crippen LogP contribution in [0.3, 0.4) is 0 Å². The van der Waals surface area contributed by atoms with Crippen LogP contribution in [0, 0.1) is 22.7 Å². The summed E-state index contributed by atoms with van der Waals surface area (Å²) >= 11 is 0. The molecule has 2 fully saturated rings. The molecule has 0 saturated heterocycles. The standard InChI is InChI=1S/C25H32O5/c1-6-30-16-9-7-15(8-10-16)21(22-17(26)11-24(2,3)12-18(22)27)23-19(28)13-25(4,5)14-20(23)29/h7-10,21-23H,6,11-14H2,1-5H3. The molecule has 0 amide bonds. The molecule has 3 rings (SSSR count). The van der Waals surface area contributed by atoms with Gasteiger partial charge in [-0.1, -0.05) is 39.8 Å². The normalized spacial score (nSPS) is 22.6. The minimum Gasteiger partial charge on any atom is -0.494 e. The third-order valence-corrected chi connectivity index (χ3v) is 6.29. The van der Waals surface area contributed by atoms with Crippen molar-refractivity contribution in [3.63, 3.8) is 0 Å². The highest BCUT2D eigenvalue weighted by molar-refractivity contribution is 6.11. The van der Waals surface area contributed by atoms with E-state index in [1.165, 1.54) is 0 Å². The maximum absolute atomic E-state index is 13.1. The Morgan fingerprint density at radius 1 is 0.767 bits per heavy atom. The molecule has 2 aliphatic carbocycles. The summed E-state index contributed by atoms with van der Waals surface area (Å²) in [6, 6.07) is 7.12. The fraction of sp³-hybridized carbons (Fsp3) is 0.600. The zero-order valence-electron chi connectivity index (χ0n) is 18.6. The number of benzene rings is 1. The van der Waals surface area contributed by atoms with Gasteiger partial charge in [-0.2, -0.15) is 0 Å². The maximum atomic E-state index is 13.1. The van der Waals surface area contributed by atoms with E-state index < -0.39 is 28.6 Å². The van der Waals surface area contributed by atoms with Crippen LogP contribution in [0.25, 0.3) is 0 Å². The third-order valence-electron chi connectivity index (χ3n) is 6.29. The lowest BCUT2D eigenvalue weighted by atomic mass is 9.59. The molecule has 5 nitrogen and oxygen atoms in total.